The Morgan fingerprint density at radius 3 is 2.81 bits per heavy atom. The predicted molar refractivity (Wildman–Crippen MR) is 135 cm³/mol. The van der Waals surface area contributed by atoms with Crippen LogP contribution in [0.4, 0.5) is 0 Å². The highest BCUT2D eigenvalue weighted by Crippen LogP contribution is 2.32. The van der Waals surface area contributed by atoms with Gasteiger partial charge in [-0.1, -0.05) is 6.07 Å². The summed E-state index contributed by atoms with van der Waals surface area (Å²) in [6, 6.07) is 14.5. The molecule has 2 aromatic heterocycles. The van der Waals surface area contributed by atoms with Gasteiger partial charge in [0.05, 0.1) is 5.69 Å². The molecule has 2 aliphatic heterocycles. The Balaban J connectivity index is 1.17. The van der Waals surface area contributed by atoms with Gasteiger partial charge in [-0.15, -0.1) is 0 Å². The first-order valence-corrected chi connectivity index (χ1v) is 12.1. The van der Waals surface area contributed by atoms with Crippen LogP contribution in [0.25, 0.3) is 5.69 Å². The maximum absolute atomic E-state index is 13.3. The second kappa shape index (κ2) is 9.42. The average Bonchev–Trinajstić information content (AvgIpc) is 3.64. The first kappa shape index (κ1) is 22.8. The number of hydrogen-bond donors (Lipinski definition) is 1. The van der Waals surface area contributed by atoms with Gasteiger partial charge in [-0.05, 0) is 72.5 Å². The van der Waals surface area contributed by atoms with Gasteiger partial charge in [0.1, 0.15) is 0 Å². The van der Waals surface area contributed by atoms with E-state index < -0.39 is 0 Å². The van der Waals surface area contributed by atoms with Crippen molar-refractivity contribution in [3.63, 3.8) is 0 Å². The number of rotatable bonds is 5. The fourth-order valence-electron chi connectivity index (χ4n) is 4.82. The molecule has 37 heavy (non-hydrogen) atoms. The molecular weight excluding hydrogens is 470 g/mol. The minimum absolute atomic E-state index is 0.0297. The summed E-state index contributed by atoms with van der Waals surface area (Å²) in [5, 5.41) is 7.27. The summed E-state index contributed by atoms with van der Waals surface area (Å²) >= 11 is 0. The van der Waals surface area contributed by atoms with E-state index >= 15 is 0 Å². The molecule has 2 aliphatic rings. The van der Waals surface area contributed by atoms with E-state index in [9.17, 15) is 9.59 Å². The van der Waals surface area contributed by atoms with Gasteiger partial charge in [0.2, 0.25) is 6.79 Å². The summed E-state index contributed by atoms with van der Waals surface area (Å²) in [5.74, 6) is 0.987. The molecule has 4 aromatic rings. The number of amides is 2. The molecule has 0 atom stereocenters. The highest BCUT2D eigenvalue weighted by molar-refractivity contribution is 5.95. The maximum atomic E-state index is 13.3. The van der Waals surface area contributed by atoms with Gasteiger partial charge in [0.15, 0.2) is 11.5 Å². The van der Waals surface area contributed by atoms with Crippen molar-refractivity contribution in [1.82, 2.24) is 25.0 Å². The molecule has 0 bridgehead atoms. The lowest BCUT2D eigenvalue weighted by atomic mass is 9.94. The van der Waals surface area contributed by atoms with Gasteiger partial charge in [0.25, 0.3) is 11.8 Å². The second-order valence-electron chi connectivity index (χ2n) is 9.05. The average molecular weight is 496 g/mol. The molecule has 0 saturated carbocycles. The quantitative estimate of drug-likeness (QED) is 0.456. The minimum atomic E-state index is -0.194. The zero-order valence-corrected chi connectivity index (χ0v) is 20.3. The molecular formula is C28H25N5O4. The van der Waals surface area contributed by atoms with Gasteiger partial charge in [-0.3, -0.25) is 14.6 Å². The van der Waals surface area contributed by atoms with Crippen molar-refractivity contribution in [3.8, 4) is 17.2 Å². The second-order valence-corrected chi connectivity index (χ2v) is 9.05. The van der Waals surface area contributed by atoms with Crippen molar-refractivity contribution in [3.05, 3.63) is 101 Å². The summed E-state index contributed by atoms with van der Waals surface area (Å²) in [6.45, 7) is 3.52. The third kappa shape index (κ3) is 4.40. The van der Waals surface area contributed by atoms with Crippen LogP contribution in [-0.2, 0) is 19.5 Å². The number of fused-ring (bicyclic) bond motifs is 2. The number of carbonyl (C=O) groups is 2. The van der Waals surface area contributed by atoms with Gasteiger partial charge in [-0.25, -0.2) is 4.68 Å². The Bertz CT molecular complexity index is 1500. The van der Waals surface area contributed by atoms with Crippen LogP contribution in [0.15, 0.2) is 67.1 Å². The van der Waals surface area contributed by atoms with Crippen molar-refractivity contribution >= 4 is 11.8 Å². The van der Waals surface area contributed by atoms with E-state index in [2.05, 4.69) is 15.4 Å². The summed E-state index contributed by atoms with van der Waals surface area (Å²) in [4.78, 5) is 32.6. The smallest absolute Gasteiger partial charge is 0.254 e. The zero-order chi connectivity index (χ0) is 25.4. The van der Waals surface area contributed by atoms with Gasteiger partial charge in [0, 0.05) is 55.0 Å². The molecule has 2 aromatic carbocycles. The number of nitrogens with zero attached hydrogens (tertiary/aromatic N) is 4. The van der Waals surface area contributed by atoms with E-state index in [-0.39, 0.29) is 18.6 Å². The van der Waals surface area contributed by atoms with Crippen molar-refractivity contribution < 1.29 is 19.1 Å². The van der Waals surface area contributed by atoms with Crippen LogP contribution in [0.3, 0.4) is 0 Å². The number of hydrogen-bond acceptors (Lipinski definition) is 6. The molecule has 6 rings (SSSR count). The molecule has 0 spiro atoms. The lowest BCUT2D eigenvalue weighted by molar-refractivity contribution is 0.0734. The normalized spacial score (nSPS) is 13.8. The summed E-state index contributed by atoms with van der Waals surface area (Å²) in [7, 11) is 0. The first-order chi connectivity index (χ1) is 18.1. The van der Waals surface area contributed by atoms with E-state index in [1.807, 2.05) is 54.5 Å². The van der Waals surface area contributed by atoms with E-state index in [1.165, 1.54) is 0 Å². The molecule has 9 heteroatoms. The van der Waals surface area contributed by atoms with Crippen molar-refractivity contribution in [2.45, 2.75) is 26.4 Å². The Morgan fingerprint density at radius 1 is 1.05 bits per heavy atom. The minimum Gasteiger partial charge on any atom is -0.454 e. The highest BCUT2D eigenvalue weighted by Gasteiger charge is 2.25. The third-order valence-corrected chi connectivity index (χ3v) is 6.81. The molecule has 0 fully saturated rings. The number of aromatic nitrogens is 3. The first-order valence-electron chi connectivity index (χ1n) is 12.1. The molecule has 186 valence electrons. The number of aryl methyl sites for hydroxylation is 1. The Labute approximate surface area is 213 Å². The van der Waals surface area contributed by atoms with E-state index in [4.69, 9.17) is 9.47 Å². The highest BCUT2D eigenvalue weighted by atomic mass is 16.7. The molecule has 0 radical (unpaired) electrons. The molecule has 0 saturated heterocycles. The van der Waals surface area contributed by atoms with Gasteiger partial charge < -0.3 is 19.7 Å². The van der Waals surface area contributed by atoms with Crippen LogP contribution in [0.1, 0.15) is 43.1 Å². The largest absolute Gasteiger partial charge is 0.454 e. The van der Waals surface area contributed by atoms with Gasteiger partial charge in [-0.2, -0.15) is 5.10 Å². The summed E-state index contributed by atoms with van der Waals surface area (Å²) < 4.78 is 12.4. The number of nitrogens with one attached hydrogen (secondary N) is 1. The molecule has 0 aliphatic carbocycles. The molecule has 4 heterocycles. The third-order valence-electron chi connectivity index (χ3n) is 6.81. The Hall–Kier alpha value is -4.66. The van der Waals surface area contributed by atoms with Crippen LogP contribution >= 0.6 is 0 Å². The van der Waals surface area contributed by atoms with Crippen molar-refractivity contribution in [2.24, 2.45) is 0 Å². The fraction of sp³-hybridized carbons (Fsp3) is 0.214. The maximum Gasteiger partial charge on any atom is 0.254 e. The summed E-state index contributed by atoms with van der Waals surface area (Å²) in [5.41, 5.74) is 5.98. The number of benzene rings is 2. The predicted octanol–water partition coefficient (Wildman–Crippen LogP) is 3.43. The van der Waals surface area contributed by atoms with Crippen molar-refractivity contribution in [2.75, 3.05) is 13.3 Å². The van der Waals surface area contributed by atoms with Crippen LogP contribution in [0.2, 0.25) is 0 Å². The SMILES string of the molecule is Cc1ncc2c(c1CNC(=O)c1ccc3c(c1)OCO3)CCN(C(=O)c1cccc(-n3cccn3)c1)C2. The Morgan fingerprint density at radius 2 is 1.95 bits per heavy atom. The topological polar surface area (TPSA) is 98.6 Å². The van der Waals surface area contributed by atoms with E-state index in [1.54, 1.807) is 29.1 Å². The van der Waals surface area contributed by atoms with Crippen LogP contribution in [0.5, 0.6) is 11.5 Å². The lowest BCUT2D eigenvalue weighted by Crippen LogP contribution is -2.37. The number of ether oxygens (including phenoxy) is 2. The van der Waals surface area contributed by atoms with Crippen LogP contribution in [0, 0.1) is 6.92 Å². The molecule has 2 amide bonds. The monoisotopic (exact) mass is 495 g/mol. The zero-order valence-electron chi connectivity index (χ0n) is 20.3. The summed E-state index contributed by atoms with van der Waals surface area (Å²) in [6.07, 6.45) is 6.09. The van der Waals surface area contributed by atoms with Crippen LogP contribution in [-0.4, -0.2) is 44.8 Å². The standard InChI is InChI=1S/C28H25N5O4/c1-18-24(15-30-27(34)19-6-7-25-26(13-19)37-17-36-25)23-8-11-32(16-21(23)14-29-18)28(35)20-4-2-5-22(12-20)33-10-3-9-31-33/h2-7,9-10,12-14H,8,11,15-17H2,1H3,(H,30,34). The van der Waals surface area contributed by atoms with Gasteiger partial charge >= 0.3 is 0 Å². The van der Waals surface area contributed by atoms with E-state index in [0.29, 0.717) is 48.7 Å². The number of carbonyl (C=O) groups excluding carboxylic acids is 2. The van der Waals surface area contributed by atoms with Crippen LogP contribution < -0.4 is 14.8 Å². The molecule has 9 nitrogen and oxygen atoms in total. The lowest BCUT2D eigenvalue weighted by Gasteiger charge is -2.30. The number of pyridine rings is 1. The molecule has 0 unspecified atom stereocenters. The van der Waals surface area contributed by atoms with E-state index in [0.717, 1.165) is 28.1 Å². The molecule has 1 N–H and O–H groups in total. The Kier molecular flexibility index (Phi) is 5.80. The van der Waals surface area contributed by atoms with Crippen molar-refractivity contribution in [1.29, 1.82) is 0 Å². The fourth-order valence-corrected chi connectivity index (χ4v) is 4.82.